The molecule has 0 spiro atoms. The molecule has 29 heavy (non-hydrogen) atoms. The second kappa shape index (κ2) is 9.23. The van der Waals surface area contributed by atoms with E-state index in [1.54, 1.807) is 43.4 Å². The number of alkyl halides is 3. The Morgan fingerprint density at radius 1 is 1.24 bits per heavy atom. The maximum Gasteiger partial charge on any atom is 0.406 e. The molecule has 0 radical (unpaired) electrons. The molecule has 1 amide bonds. The van der Waals surface area contributed by atoms with E-state index in [0.717, 1.165) is 21.2 Å². The molecule has 0 saturated carbocycles. The van der Waals surface area contributed by atoms with Gasteiger partial charge in [0, 0.05) is 11.9 Å². The number of nitrogens with zero attached hydrogens (tertiary/aromatic N) is 3. The zero-order valence-corrected chi connectivity index (χ0v) is 17.7. The molecule has 2 heterocycles. The predicted molar refractivity (Wildman–Crippen MR) is 110 cm³/mol. The van der Waals surface area contributed by atoms with Gasteiger partial charge in [0.15, 0.2) is 5.16 Å². The van der Waals surface area contributed by atoms with Crippen molar-refractivity contribution in [3.63, 3.8) is 0 Å². The van der Waals surface area contributed by atoms with Crippen LogP contribution in [0.4, 0.5) is 13.2 Å². The fourth-order valence-corrected chi connectivity index (χ4v) is 4.70. The maximum absolute atomic E-state index is 13.1. The third-order valence-corrected chi connectivity index (χ3v) is 6.19. The van der Waals surface area contributed by atoms with Crippen LogP contribution in [0.2, 0.25) is 4.34 Å². The SMILES string of the molecule is CN(Cc1ccc(Cl)s1)C(=O)CSc1ncc(-c2ccccc2)n1CC(F)(F)F. The van der Waals surface area contributed by atoms with E-state index in [2.05, 4.69) is 4.98 Å². The van der Waals surface area contributed by atoms with Gasteiger partial charge in [-0.15, -0.1) is 11.3 Å². The van der Waals surface area contributed by atoms with Crippen LogP contribution in [0.5, 0.6) is 0 Å². The van der Waals surface area contributed by atoms with E-state index in [-0.39, 0.29) is 16.8 Å². The summed E-state index contributed by atoms with van der Waals surface area (Å²) in [5, 5.41) is 0.155. The number of thiophene rings is 1. The molecule has 154 valence electrons. The zero-order valence-electron chi connectivity index (χ0n) is 15.3. The smallest absolute Gasteiger partial charge is 0.340 e. The Labute approximate surface area is 179 Å². The molecule has 0 N–H and O–H groups in total. The highest BCUT2D eigenvalue weighted by Crippen LogP contribution is 2.30. The molecule has 10 heteroatoms. The average molecular weight is 460 g/mol. The molecule has 0 aliphatic carbocycles. The van der Waals surface area contributed by atoms with Crippen LogP contribution < -0.4 is 0 Å². The normalized spacial score (nSPS) is 11.6. The van der Waals surface area contributed by atoms with Crippen molar-refractivity contribution in [2.24, 2.45) is 0 Å². The van der Waals surface area contributed by atoms with Crippen LogP contribution in [-0.2, 0) is 17.9 Å². The quantitative estimate of drug-likeness (QED) is 0.433. The molecule has 0 aliphatic heterocycles. The molecule has 0 atom stereocenters. The molecule has 0 fully saturated rings. The van der Waals surface area contributed by atoms with E-state index in [9.17, 15) is 18.0 Å². The Balaban J connectivity index is 1.72. The van der Waals surface area contributed by atoms with Crippen LogP contribution >= 0.6 is 34.7 Å². The molecule has 0 bridgehead atoms. The minimum atomic E-state index is -4.40. The standard InChI is InChI=1S/C19H17ClF3N3OS2/c1-25(10-14-7-8-16(20)29-14)17(27)11-28-18-24-9-15(13-5-3-2-4-6-13)26(18)12-19(21,22)23/h2-9H,10-12H2,1H3. The second-order valence-corrected chi connectivity index (χ2v) is 8.98. The van der Waals surface area contributed by atoms with Crippen molar-refractivity contribution in [2.45, 2.75) is 24.4 Å². The summed E-state index contributed by atoms with van der Waals surface area (Å²) in [6, 6.07) is 12.3. The summed E-state index contributed by atoms with van der Waals surface area (Å²) >= 11 is 8.27. The highest BCUT2D eigenvalue weighted by molar-refractivity contribution is 7.99. The first-order valence-electron chi connectivity index (χ1n) is 8.51. The van der Waals surface area contributed by atoms with Gasteiger partial charge in [-0.3, -0.25) is 4.79 Å². The van der Waals surface area contributed by atoms with E-state index < -0.39 is 12.7 Å². The van der Waals surface area contributed by atoms with E-state index >= 15 is 0 Å². The minimum Gasteiger partial charge on any atom is -0.340 e. The summed E-state index contributed by atoms with van der Waals surface area (Å²) in [7, 11) is 1.65. The van der Waals surface area contributed by atoms with Crippen LogP contribution in [0.25, 0.3) is 11.3 Å². The largest absolute Gasteiger partial charge is 0.406 e. The number of aromatic nitrogens is 2. The summed E-state index contributed by atoms with van der Waals surface area (Å²) in [6.45, 7) is -0.777. The van der Waals surface area contributed by atoms with Gasteiger partial charge < -0.3 is 9.47 Å². The number of carbonyl (C=O) groups is 1. The van der Waals surface area contributed by atoms with Gasteiger partial charge in [0.05, 0.1) is 28.5 Å². The number of imidazole rings is 1. The topological polar surface area (TPSA) is 38.1 Å². The first-order valence-corrected chi connectivity index (χ1v) is 10.7. The second-order valence-electron chi connectivity index (χ2n) is 6.24. The fraction of sp³-hybridized carbons (Fsp3) is 0.263. The van der Waals surface area contributed by atoms with Crippen LogP contribution in [0.1, 0.15) is 4.88 Å². The molecule has 0 saturated heterocycles. The first-order chi connectivity index (χ1) is 13.7. The molecule has 1 aromatic carbocycles. The number of amides is 1. The van der Waals surface area contributed by atoms with Gasteiger partial charge in [0.25, 0.3) is 0 Å². The lowest BCUT2D eigenvalue weighted by molar-refractivity contribution is -0.141. The van der Waals surface area contributed by atoms with E-state index in [1.807, 2.05) is 6.07 Å². The third-order valence-electron chi connectivity index (χ3n) is 4.00. The number of halogens is 4. The number of carbonyl (C=O) groups excluding carboxylic acids is 1. The van der Waals surface area contributed by atoms with Gasteiger partial charge in [-0.1, -0.05) is 53.7 Å². The summed E-state index contributed by atoms with van der Waals surface area (Å²) in [5.41, 5.74) is 0.994. The lowest BCUT2D eigenvalue weighted by Gasteiger charge is -2.17. The van der Waals surface area contributed by atoms with Crippen LogP contribution in [0.15, 0.2) is 53.8 Å². The van der Waals surface area contributed by atoms with Gasteiger partial charge in [-0.25, -0.2) is 4.98 Å². The molecule has 3 aromatic rings. The van der Waals surface area contributed by atoms with Crippen LogP contribution in [0.3, 0.4) is 0 Å². The van der Waals surface area contributed by atoms with Crippen molar-refractivity contribution < 1.29 is 18.0 Å². The highest BCUT2D eigenvalue weighted by atomic mass is 35.5. The van der Waals surface area contributed by atoms with Gasteiger partial charge >= 0.3 is 6.18 Å². The van der Waals surface area contributed by atoms with Crippen molar-refractivity contribution >= 4 is 40.6 Å². The Bertz CT molecular complexity index is 973. The Hall–Kier alpha value is -1.97. The van der Waals surface area contributed by atoms with Crippen LogP contribution in [-0.4, -0.2) is 39.3 Å². The van der Waals surface area contributed by atoms with Crippen LogP contribution in [0, 0.1) is 0 Å². The third kappa shape index (κ3) is 6.01. The van der Waals surface area contributed by atoms with E-state index in [4.69, 9.17) is 11.6 Å². The molecular weight excluding hydrogens is 443 g/mol. The van der Waals surface area contributed by atoms with Gasteiger partial charge in [0.2, 0.25) is 5.91 Å². The minimum absolute atomic E-state index is 0.0152. The lowest BCUT2D eigenvalue weighted by Crippen LogP contribution is -2.27. The summed E-state index contributed by atoms with van der Waals surface area (Å²) in [5.74, 6) is -0.221. The Kier molecular flexibility index (Phi) is 6.92. The monoisotopic (exact) mass is 459 g/mol. The molecule has 0 aliphatic rings. The fourth-order valence-electron chi connectivity index (χ4n) is 2.64. The number of rotatable bonds is 7. The predicted octanol–water partition coefficient (Wildman–Crippen LogP) is 5.58. The first kappa shape index (κ1) is 21.7. The van der Waals surface area contributed by atoms with Crippen molar-refractivity contribution in [1.82, 2.24) is 14.5 Å². The number of benzene rings is 1. The molecular formula is C19H17ClF3N3OS2. The molecule has 3 rings (SSSR count). The molecule has 4 nitrogen and oxygen atoms in total. The number of hydrogen-bond donors (Lipinski definition) is 0. The highest BCUT2D eigenvalue weighted by Gasteiger charge is 2.31. The zero-order chi connectivity index (χ0) is 21.0. The van der Waals surface area contributed by atoms with Crippen molar-refractivity contribution in [2.75, 3.05) is 12.8 Å². The summed E-state index contributed by atoms with van der Waals surface area (Å²) in [4.78, 5) is 19.0. The van der Waals surface area contributed by atoms with Crippen molar-refractivity contribution in [3.8, 4) is 11.3 Å². The van der Waals surface area contributed by atoms with Crippen molar-refractivity contribution in [1.29, 1.82) is 0 Å². The number of hydrogen-bond acceptors (Lipinski definition) is 4. The molecule has 2 aromatic heterocycles. The van der Waals surface area contributed by atoms with Gasteiger partial charge in [0.1, 0.15) is 6.54 Å². The number of thioether (sulfide) groups is 1. The maximum atomic E-state index is 13.1. The molecule has 0 unspecified atom stereocenters. The van der Waals surface area contributed by atoms with E-state index in [1.165, 1.54) is 22.4 Å². The summed E-state index contributed by atoms with van der Waals surface area (Å²) in [6.07, 6.45) is -3.00. The van der Waals surface area contributed by atoms with Gasteiger partial charge in [-0.2, -0.15) is 13.2 Å². The Morgan fingerprint density at radius 3 is 2.59 bits per heavy atom. The summed E-state index contributed by atoms with van der Waals surface area (Å²) < 4.78 is 41.1. The Morgan fingerprint density at radius 2 is 1.97 bits per heavy atom. The van der Waals surface area contributed by atoms with Crippen molar-refractivity contribution in [3.05, 3.63) is 57.9 Å². The lowest BCUT2D eigenvalue weighted by atomic mass is 10.2. The average Bonchev–Trinajstić information content (AvgIpc) is 3.25. The van der Waals surface area contributed by atoms with Gasteiger partial charge in [-0.05, 0) is 17.7 Å². The van der Waals surface area contributed by atoms with E-state index in [0.29, 0.717) is 22.1 Å².